The molecule has 1 rings (SSSR count). The number of rotatable bonds is 2. The Hall–Kier alpha value is -1.19. The molecule has 0 radical (unpaired) electrons. The monoisotopic (exact) mass is 182 g/mol. The molecule has 13 heavy (non-hydrogen) atoms. The Kier molecular flexibility index (Phi) is 4.96. The zero-order valence-electron chi connectivity index (χ0n) is 7.60. The van der Waals surface area contributed by atoms with E-state index in [1.54, 1.807) is 31.2 Å². The molecular weight excluding hydrogens is 168 g/mol. The van der Waals surface area contributed by atoms with Crippen molar-refractivity contribution in [2.75, 3.05) is 0 Å². The summed E-state index contributed by atoms with van der Waals surface area (Å²) in [5, 5.41) is 18.7. The maximum Gasteiger partial charge on any atom is 0.189 e. The van der Waals surface area contributed by atoms with Crippen LogP contribution in [0, 0.1) is 0 Å². The number of hydrogen-bond acceptors (Lipinski definition) is 3. The molecule has 0 aromatic heterocycles. The summed E-state index contributed by atoms with van der Waals surface area (Å²) in [6.07, 6.45) is 0.303. The lowest BCUT2D eigenvalue weighted by atomic mass is 10.0. The van der Waals surface area contributed by atoms with Crippen LogP contribution in [-0.4, -0.2) is 17.0 Å². The predicted octanol–water partition coefficient (Wildman–Crippen LogP) is 1.05. The first-order valence-electron chi connectivity index (χ1n) is 3.96. The van der Waals surface area contributed by atoms with Gasteiger partial charge in [-0.2, -0.15) is 0 Å². The molecule has 1 aromatic rings. The molecule has 0 aliphatic carbocycles. The third kappa shape index (κ3) is 3.36. The molecule has 3 nitrogen and oxygen atoms in total. The largest absolute Gasteiger partial charge is 0.362 e. The van der Waals surface area contributed by atoms with Gasteiger partial charge < -0.3 is 15.0 Å². The van der Waals surface area contributed by atoms with Crippen LogP contribution in [0.15, 0.2) is 30.3 Å². The van der Waals surface area contributed by atoms with Gasteiger partial charge in [-0.1, -0.05) is 37.3 Å². The van der Waals surface area contributed by atoms with Crippen LogP contribution in [0.25, 0.3) is 0 Å². The van der Waals surface area contributed by atoms with Crippen LogP contribution < -0.4 is 0 Å². The molecule has 2 N–H and O–H groups in total. The average Bonchev–Trinajstić information content (AvgIpc) is 2.22. The zero-order valence-corrected chi connectivity index (χ0v) is 7.60. The molecule has 3 heteroatoms. The Morgan fingerprint density at radius 2 is 1.69 bits per heavy atom. The first-order chi connectivity index (χ1) is 6.17. The van der Waals surface area contributed by atoms with Crippen molar-refractivity contribution < 1.29 is 15.0 Å². The van der Waals surface area contributed by atoms with E-state index < -0.39 is 5.79 Å². The second kappa shape index (κ2) is 5.45. The summed E-state index contributed by atoms with van der Waals surface area (Å²) < 4.78 is 0. The molecule has 0 saturated heterocycles. The minimum Gasteiger partial charge on any atom is -0.362 e. The lowest BCUT2D eigenvalue weighted by molar-refractivity contribution is -0.171. The molecule has 0 bridgehead atoms. The van der Waals surface area contributed by atoms with Crippen LogP contribution >= 0.6 is 0 Å². The van der Waals surface area contributed by atoms with Crippen molar-refractivity contribution in [1.82, 2.24) is 0 Å². The van der Waals surface area contributed by atoms with Crippen LogP contribution in [0.4, 0.5) is 0 Å². The first-order valence-corrected chi connectivity index (χ1v) is 3.96. The van der Waals surface area contributed by atoms with Gasteiger partial charge in [-0.25, -0.2) is 0 Å². The van der Waals surface area contributed by atoms with Crippen molar-refractivity contribution in [3.8, 4) is 0 Å². The molecule has 0 amide bonds. The average molecular weight is 182 g/mol. The lowest BCUT2D eigenvalue weighted by Gasteiger charge is -2.19. The Balaban J connectivity index is 0.000000671. The Labute approximate surface area is 77.6 Å². The fraction of sp³-hybridized carbons (Fsp3) is 0.300. The van der Waals surface area contributed by atoms with Gasteiger partial charge in [-0.15, -0.1) is 0 Å². The van der Waals surface area contributed by atoms with E-state index in [1.165, 1.54) is 0 Å². The highest BCUT2D eigenvalue weighted by Crippen LogP contribution is 2.20. The van der Waals surface area contributed by atoms with Crippen molar-refractivity contribution >= 4 is 6.79 Å². The standard InChI is InChI=1S/C9H12O2.CH2O/c1-2-9(10,11)8-6-4-3-5-7-8;1-2/h3-7,10-11H,2H2,1H3;1H2. The SMILES string of the molecule is C=O.CCC(O)(O)c1ccccc1. The van der Waals surface area contributed by atoms with Crippen LogP contribution in [0.5, 0.6) is 0 Å². The van der Waals surface area contributed by atoms with E-state index in [0.29, 0.717) is 12.0 Å². The van der Waals surface area contributed by atoms with Crippen LogP contribution in [0.3, 0.4) is 0 Å². The summed E-state index contributed by atoms with van der Waals surface area (Å²) in [6, 6.07) is 8.81. The Bertz CT molecular complexity index is 231. The van der Waals surface area contributed by atoms with E-state index in [-0.39, 0.29) is 0 Å². The van der Waals surface area contributed by atoms with Gasteiger partial charge >= 0.3 is 0 Å². The van der Waals surface area contributed by atoms with Gasteiger partial charge in [0, 0.05) is 12.0 Å². The lowest BCUT2D eigenvalue weighted by Crippen LogP contribution is -2.23. The van der Waals surface area contributed by atoms with E-state index in [1.807, 2.05) is 12.9 Å². The second-order valence-electron chi connectivity index (χ2n) is 2.54. The summed E-state index contributed by atoms with van der Waals surface area (Å²) >= 11 is 0. The van der Waals surface area contributed by atoms with E-state index >= 15 is 0 Å². The maximum atomic E-state index is 9.35. The fourth-order valence-corrected chi connectivity index (χ4v) is 0.909. The van der Waals surface area contributed by atoms with Crippen LogP contribution in [-0.2, 0) is 10.6 Å². The van der Waals surface area contributed by atoms with Crippen molar-refractivity contribution in [2.24, 2.45) is 0 Å². The number of aliphatic hydroxyl groups is 2. The molecule has 0 heterocycles. The number of carbonyl (C=O) groups is 1. The van der Waals surface area contributed by atoms with Crippen molar-refractivity contribution in [3.05, 3.63) is 35.9 Å². The minimum atomic E-state index is -1.67. The summed E-state index contributed by atoms with van der Waals surface area (Å²) in [4.78, 5) is 8.00. The molecule has 0 saturated carbocycles. The zero-order chi connectivity index (χ0) is 10.3. The van der Waals surface area contributed by atoms with Crippen molar-refractivity contribution in [1.29, 1.82) is 0 Å². The van der Waals surface area contributed by atoms with Gasteiger partial charge in [-0.05, 0) is 0 Å². The van der Waals surface area contributed by atoms with Gasteiger partial charge in [-0.3, -0.25) is 0 Å². The van der Waals surface area contributed by atoms with Gasteiger partial charge in [0.1, 0.15) is 6.79 Å². The molecule has 0 atom stereocenters. The fourth-order valence-electron chi connectivity index (χ4n) is 0.909. The molecule has 0 spiro atoms. The van der Waals surface area contributed by atoms with Gasteiger partial charge in [0.25, 0.3) is 0 Å². The van der Waals surface area contributed by atoms with Gasteiger partial charge in [0.15, 0.2) is 5.79 Å². The number of hydrogen-bond donors (Lipinski definition) is 2. The molecule has 0 aliphatic heterocycles. The normalized spacial score (nSPS) is 10.1. The highest BCUT2D eigenvalue weighted by molar-refractivity contribution is 5.19. The third-order valence-electron chi connectivity index (χ3n) is 1.73. The summed E-state index contributed by atoms with van der Waals surface area (Å²) in [5.41, 5.74) is 0.544. The van der Waals surface area contributed by atoms with Crippen LogP contribution in [0.1, 0.15) is 18.9 Å². The quantitative estimate of drug-likeness (QED) is 0.672. The summed E-state index contributed by atoms with van der Waals surface area (Å²) in [7, 11) is 0. The third-order valence-corrected chi connectivity index (χ3v) is 1.73. The molecule has 0 aliphatic rings. The molecule has 0 fully saturated rings. The van der Waals surface area contributed by atoms with Gasteiger partial charge in [0.05, 0.1) is 0 Å². The predicted molar refractivity (Wildman–Crippen MR) is 50.0 cm³/mol. The molecule has 1 aromatic carbocycles. The van der Waals surface area contributed by atoms with Crippen LogP contribution in [0.2, 0.25) is 0 Å². The summed E-state index contributed by atoms with van der Waals surface area (Å²) in [5.74, 6) is -1.67. The Morgan fingerprint density at radius 3 is 2.08 bits per heavy atom. The van der Waals surface area contributed by atoms with E-state index in [9.17, 15) is 10.2 Å². The topological polar surface area (TPSA) is 57.5 Å². The van der Waals surface area contributed by atoms with E-state index in [2.05, 4.69) is 0 Å². The van der Waals surface area contributed by atoms with E-state index in [4.69, 9.17) is 4.79 Å². The molecule has 72 valence electrons. The molecular formula is C10H14O3. The van der Waals surface area contributed by atoms with Crippen molar-refractivity contribution in [3.63, 3.8) is 0 Å². The number of benzene rings is 1. The van der Waals surface area contributed by atoms with E-state index in [0.717, 1.165) is 0 Å². The second-order valence-corrected chi connectivity index (χ2v) is 2.54. The van der Waals surface area contributed by atoms with Crippen molar-refractivity contribution in [2.45, 2.75) is 19.1 Å². The highest BCUT2D eigenvalue weighted by atomic mass is 16.5. The highest BCUT2D eigenvalue weighted by Gasteiger charge is 2.21. The summed E-state index contributed by atoms with van der Waals surface area (Å²) in [6.45, 7) is 3.73. The maximum absolute atomic E-state index is 9.35. The van der Waals surface area contributed by atoms with Gasteiger partial charge in [0.2, 0.25) is 0 Å². The molecule has 0 unspecified atom stereocenters. The smallest absolute Gasteiger partial charge is 0.189 e. The minimum absolute atomic E-state index is 0.303. The first kappa shape index (κ1) is 11.8. The Morgan fingerprint density at radius 1 is 1.23 bits per heavy atom. The number of carbonyl (C=O) groups excluding carboxylic acids is 1.